The molecule has 1 N–H and O–H groups in total. The maximum absolute atomic E-state index is 12.6. The lowest BCUT2D eigenvalue weighted by Gasteiger charge is -2.10. The predicted molar refractivity (Wildman–Crippen MR) is 106 cm³/mol. The van der Waals surface area contributed by atoms with Gasteiger partial charge in [-0.2, -0.15) is 9.78 Å². The molecule has 0 bridgehead atoms. The number of nitrogens with one attached hydrogen (secondary N) is 1. The summed E-state index contributed by atoms with van der Waals surface area (Å²) in [4.78, 5) is 23.9. The summed E-state index contributed by atoms with van der Waals surface area (Å²) in [7, 11) is -2.77. The van der Waals surface area contributed by atoms with Crippen molar-refractivity contribution in [3.05, 3.63) is 67.2 Å². The molecule has 0 fully saturated rings. The normalized spacial score (nSPS) is 11.2. The smallest absolute Gasteiger partial charge is 0.350 e. The molecular weight excluding hydrogens is 449 g/mol. The van der Waals surface area contributed by atoms with E-state index in [1.54, 1.807) is 5.38 Å². The molecule has 0 atom stereocenters. The summed E-state index contributed by atoms with van der Waals surface area (Å²) in [6.07, 6.45) is 1.21. The Morgan fingerprint density at radius 3 is 2.54 bits per heavy atom. The third kappa shape index (κ3) is 3.90. The minimum Gasteiger partial charge on any atom is -0.465 e. The maximum atomic E-state index is 12.6. The van der Waals surface area contributed by atoms with Gasteiger partial charge in [-0.3, -0.25) is 9.52 Å². The number of methoxy groups -OCH3 is 1. The Hall–Kier alpha value is -2.40. The lowest BCUT2D eigenvalue weighted by molar-refractivity contribution is 0.0607. The highest BCUT2D eigenvalue weighted by molar-refractivity contribution is 7.92. The third-order valence-corrected chi connectivity index (χ3v) is 6.57. The molecule has 0 saturated carbocycles. The van der Waals surface area contributed by atoms with Gasteiger partial charge in [0.2, 0.25) is 0 Å². The molecule has 0 radical (unpaired) electrons. The Balaban J connectivity index is 1.91. The number of carbonyl (C=O) groups excluding carboxylic acids is 1. The van der Waals surface area contributed by atoms with Crippen LogP contribution in [0.4, 0.5) is 5.69 Å². The zero-order valence-corrected chi connectivity index (χ0v) is 17.2. The summed E-state index contributed by atoms with van der Waals surface area (Å²) < 4.78 is 33.2. The molecular formula is C16H11Cl2N3O5S2. The number of rotatable bonds is 5. The van der Waals surface area contributed by atoms with E-state index in [1.165, 1.54) is 43.6 Å². The Labute approximate surface area is 173 Å². The van der Waals surface area contributed by atoms with Crippen LogP contribution in [0, 0.1) is 0 Å². The molecule has 2 heterocycles. The minimum atomic E-state index is -3.98. The average molecular weight is 460 g/mol. The Morgan fingerprint density at radius 1 is 1.21 bits per heavy atom. The molecule has 0 aliphatic carbocycles. The lowest BCUT2D eigenvalue weighted by Crippen LogP contribution is -2.21. The largest absolute Gasteiger partial charge is 0.465 e. The van der Waals surface area contributed by atoms with Crippen molar-refractivity contribution in [2.24, 2.45) is 0 Å². The molecule has 0 aliphatic heterocycles. The summed E-state index contributed by atoms with van der Waals surface area (Å²) in [5.41, 5.74) is -0.222. The molecule has 0 saturated heterocycles. The molecule has 28 heavy (non-hydrogen) atoms. The molecule has 0 spiro atoms. The first-order valence-electron chi connectivity index (χ1n) is 7.47. The van der Waals surface area contributed by atoms with Gasteiger partial charge in [0.1, 0.15) is 9.90 Å². The van der Waals surface area contributed by atoms with E-state index in [0.29, 0.717) is 5.69 Å². The predicted octanol–water partition coefficient (Wildman–Crippen LogP) is 3.19. The first kappa shape index (κ1) is 20.3. The van der Waals surface area contributed by atoms with E-state index < -0.39 is 21.6 Å². The highest BCUT2D eigenvalue weighted by atomic mass is 35.5. The van der Waals surface area contributed by atoms with E-state index in [1.807, 2.05) is 0 Å². The number of sulfonamides is 1. The van der Waals surface area contributed by atoms with Gasteiger partial charge in [0.25, 0.3) is 15.6 Å². The molecule has 12 heteroatoms. The molecule has 3 aromatic rings. The second-order valence-electron chi connectivity index (χ2n) is 5.28. The van der Waals surface area contributed by atoms with Crippen LogP contribution in [0.3, 0.4) is 0 Å². The third-order valence-electron chi connectivity index (χ3n) is 3.55. The zero-order chi connectivity index (χ0) is 20.5. The maximum Gasteiger partial charge on any atom is 0.350 e. The summed E-state index contributed by atoms with van der Waals surface area (Å²) in [5, 5.41) is 5.26. The Kier molecular flexibility index (Phi) is 5.75. The minimum absolute atomic E-state index is 0.0171. The zero-order valence-electron chi connectivity index (χ0n) is 14.0. The highest BCUT2D eigenvalue weighted by Crippen LogP contribution is 2.26. The standard InChI is InChI=1S/C16H11Cl2N3O5S2/c1-26-16(23)14-12(6-7-27-14)20-28(24,25)10-4-2-9(3-5-10)21-15(22)13(18)11(17)8-19-21/h2-8,20H,1H3. The van der Waals surface area contributed by atoms with Crippen molar-refractivity contribution in [2.45, 2.75) is 4.90 Å². The SMILES string of the molecule is COC(=O)c1sccc1NS(=O)(=O)c1ccc(-n2ncc(Cl)c(Cl)c2=O)cc1. The second kappa shape index (κ2) is 7.92. The van der Waals surface area contributed by atoms with E-state index in [0.717, 1.165) is 16.0 Å². The summed E-state index contributed by atoms with van der Waals surface area (Å²) in [5.74, 6) is -0.645. The molecule has 146 valence electrons. The van der Waals surface area contributed by atoms with Crippen LogP contribution in [0.5, 0.6) is 0 Å². The molecule has 0 unspecified atom stereocenters. The van der Waals surface area contributed by atoms with Crippen LogP contribution < -0.4 is 10.3 Å². The molecule has 0 amide bonds. The van der Waals surface area contributed by atoms with Crippen molar-refractivity contribution in [1.82, 2.24) is 9.78 Å². The van der Waals surface area contributed by atoms with Crippen LogP contribution in [0.15, 0.2) is 51.6 Å². The van der Waals surface area contributed by atoms with Gasteiger partial charge in [0.05, 0.1) is 34.6 Å². The van der Waals surface area contributed by atoms with Gasteiger partial charge in [0.15, 0.2) is 0 Å². The summed E-state index contributed by atoms with van der Waals surface area (Å²) in [6, 6.07) is 6.82. The topological polar surface area (TPSA) is 107 Å². The number of esters is 1. The Bertz CT molecular complexity index is 1200. The van der Waals surface area contributed by atoms with E-state index in [2.05, 4.69) is 14.6 Å². The number of carbonyl (C=O) groups is 1. The van der Waals surface area contributed by atoms with E-state index in [4.69, 9.17) is 23.2 Å². The average Bonchev–Trinajstić information content (AvgIpc) is 3.13. The number of ether oxygens (including phenoxy) is 1. The number of nitrogens with zero attached hydrogens (tertiary/aromatic N) is 2. The van der Waals surface area contributed by atoms with Crippen LogP contribution in [0.1, 0.15) is 9.67 Å². The van der Waals surface area contributed by atoms with Crippen molar-refractivity contribution in [3.8, 4) is 5.69 Å². The summed E-state index contributed by atoms with van der Waals surface area (Å²) in [6.45, 7) is 0. The lowest BCUT2D eigenvalue weighted by atomic mass is 10.3. The van der Waals surface area contributed by atoms with Crippen molar-refractivity contribution in [1.29, 1.82) is 0 Å². The fraction of sp³-hybridized carbons (Fsp3) is 0.0625. The Morgan fingerprint density at radius 2 is 1.89 bits per heavy atom. The highest BCUT2D eigenvalue weighted by Gasteiger charge is 2.20. The van der Waals surface area contributed by atoms with Gasteiger partial charge in [-0.25, -0.2) is 13.2 Å². The van der Waals surface area contributed by atoms with E-state index >= 15 is 0 Å². The van der Waals surface area contributed by atoms with E-state index in [-0.39, 0.29) is 25.5 Å². The molecule has 0 aliphatic rings. The molecule has 3 rings (SSSR count). The van der Waals surface area contributed by atoms with Gasteiger partial charge in [0, 0.05) is 0 Å². The first-order chi connectivity index (χ1) is 13.2. The van der Waals surface area contributed by atoms with Crippen LogP contribution in [0.25, 0.3) is 5.69 Å². The van der Waals surface area contributed by atoms with Gasteiger partial charge in [-0.1, -0.05) is 23.2 Å². The van der Waals surface area contributed by atoms with Crippen LogP contribution in [0.2, 0.25) is 10.0 Å². The number of hydrogen-bond donors (Lipinski definition) is 1. The monoisotopic (exact) mass is 459 g/mol. The van der Waals surface area contributed by atoms with Gasteiger partial charge < -0.3 is 4.74 Å². The number of hydrogen-bond acceptors (Lipinski definition) is 7. The van der Waals surface area contributed by atoms with Crippen molar-refractivity contribution >= 4 is 56.2 Å². The summed E-state index contributed by atoms with van der Waals surface area (Å²) >= 11 is 12.6. The van der Waals surface area contributed by atoms with Gasteiger partial charge >= 0.3 is 5.97 Å². The number of aromatic nitrogens is 2. The van der Waals surface area contributed by atoms with Crippen LogP contribution in [-0.4, -0.2) is 31.3 Å². The second-order valence-corrected chi connectivity index (χ2v) is 8.66. The van der Waals surface area contributed by atoms with Crippen LogP contribution >= 0.6 is 34.5 Å². The quantitative estimate of drug-likeness (QED) is 0.586. The number of benzene rings is 1. The molecule has 2 aromatic heterocycles. The fourth-order valence-electron chi connectivity index (χ4n) is 2.21. The number of thiophene rings is 1. The first-order valence-corrected chi connectivity index (χ1v) is 10.6. The van der Waals surface area contributed by atoms with Gasteiger partial charge in [-0.05, 0) is 35.7 Å². The number of anilines is 1. The van der Waals surface area contributed by atoms with Crippen molar-refractivity contribution in [2.75, 3.05) is 11.8 Å². The molecule has 1 aromatic carbocycles. The van der Waals surface area contributed by atoms with E-state index in [9.17, 15) is 18.0 Å². The fourth-order valence-corrected chi connectivity index (χ4v) is 4.36. The van der Waals surface area contributed by atoms with Crippen molar-refractivity contribution in [3.63, 3.8) is 0 Å². The van der Waals surface area contributed by atoms with Crippen molar-refractivity contribution < 1.29 is 17.9 Å². The number of halogens is 2. The molecule has 8 nitrogen and oxygen atoms in total. The van der Waals surface area contributed by atoms with Crippen LogP contribution in [-0.2, 0) is 14.8 Å². The van der Waals surface area contributed by atoms with Gasteiger partial charge in [-0.15, -0.1) is 11.3 Å².